The van der Waals surface area contributed by atoms with Crippen LogP contribution in [0.25, 0.3) is 11.0 Å². The van der Waals surface area contributed by atoms with Gasteiger partial charge in [-0.25, -0.2) is 18.9 Å². The number of hydrogen-bond acceptors (Lipinski definition) is 5. The maximum absolute atomic E-state index is 13.8. The summed E-state index contributed by atoms with van der Waals surface area (Å²) in [7, 11) is 5.95. The molecule has 0 saturated carbocycles. The van der Waals surface area contributed by atoms with Crippen LogP contribution in [-0.4, -0.2) is 55.4 Å². The average Bonchev–Trinajstić information content (AvgIpc) is 3.28. The lowest BCUT2D eigenvalue weighted by Crippen LogP contribution is -2.59. The average molecular weight is 531 g/mol. The Morgan fingerprint density at radius 1 is 0.846 bits per heavy atom. The molecule has 2 aromatic heterocycles. The first-order valence-corrected chi connectivity index (χ1v) is 12.5. The standard InChI is InChI=1S/C28H30N6O5/c1-16-17(2)34(39)24(33(16)15-18-10-8-7-9-11-18)22(23-25(35)31(5)28(38)32(6)26(23)36)19-12-13-20-21(14-19)30(4)27(37)29(20)3/h7-14,22-23H,15H2,1-6H3/t22-/m0/s1. The molecule has 0 unspecified atom stereocenters. The van der Waals surface area contributed by atoms with Crippen LogP contribution in [0.3, 0.4) is 0 Å². The van der Waals surface area contributed by atoms with Gasteiger partial charge in [-0.3, -0.25) is 28.5 Å². The highest BCUT2D eigenvalue weighted by Crippen LogP contribution is 2.37. The second-order valence-electron chi connectivity index (χ2n) is 10.1. The second kappa shape index (κ2) is 9.26. The zero-order valence-corrected chi connectivity index (χ0v) is 22.7. The topological polar surface area (TPSA) is 116 Å². The molecule has 4 amide bonds. The predicted octanol–water partition coefficient (Wildman–Crippen LogP) is 1.78. The number of carbonyl (C=O) groups is 3. The number of amides is 4. The van der Waals surface area contributed by atoms with Crippen molar-refractivity contribution in [1.82, 2.24) is 23.5 Å². The van der Waals surface area contributed by atoms with Crippen molar-refractivity contribution in [2.24, 2.45) is 20.0 Å². The number of carbonyl (C=O) groups excluding carboxylic acids is 3. The van der Waals surface area contributed by atoms with E-state index in [1.54, 1.807) is 39.2 Å². The molecule has 1 aliphatic heterocycles. The first-order chi connectivity index (χ1) is 18.5. The fourth-order valence-corrected chi connectivity index (χ4v) is 5.48. The summed E-state index contributed by atoms with van der Waals surface area (Å²) in [5, 5.41) is 13.8. The maximum Gasteiger partial charge on any atom is 0.332 e. The first-order valence-electron chi connectivity index (χ1n) is 12.5. The van der Waals surface area contributed by atoms with Crippen molar-refractivity contribution in [1.29, 1.82) is 0 Å². The van der Waals surface area contributed by atoms with Gasteiger partial charge in [-0.1, -0.05) is 36.4 Å². The van der Waals surface area contributed by atoms with Crippen molar-refractivity contribution >= 4 is 28.9 Å². The van der Waals surface area contributed by atoms with Crippen LogP contribution in [0.2, 0.25) is 0 Å². The van der Waals surface area contributed by atoms with Crippen LogP contribution in [-0.2, 0) is 30.2 Å². The maximum atomic E-state index is 13.8. The molecule has 1 aliphatic rings. The molecule has 1 fully saturated rings. The van der Waals surface area contributed by atoms with Gasteiger partial charge in [0.05, 0.1) is 11.0 Å². The van der Waals surface area contributed by atoms with Crippen molar-refractivity contribution in [2.45, 2.75) is 26.3 Å². The van der Waals surface area contributed by atoms with E-state index in [1.807, 2.05) is 41.8 Å². The second-order valence-corrected chi connectivity index (χ2v) is 10.1. The molecule has 11 heteroatoms. The molecule has 1 atom stereocenters. The third-order valence-electron chi connectivity index (χ3n) is 7.94. The van der Waals surface area contributed by atoms with Crippen molar-refractivity contribution in [3.05, 3.63) is 92.6 Å². The Morgan fingerprint density at radius 3 is 2.05 bits per heavy atom. The van der Waals surface area contributed by atoms with Crippen molar-refractivity contribution in [3.63, 3.8) is 0 Å². The minimum atomic E-state index is -1.38. The van der Waals surface area contributed by atoms with Gasteiger partial charge in [-0.15, -0.1) is 0 Å². The Labute approximate surface area is 224 Å². The monoisotopic (exact) mass is 530 g/mol. The summed E-state index contributed by atoms with van der Waals surface area (Å²) in [4.78, 5) is 54.3. The fraction of sp³-hybridized carbons (Fsp3) is 0.321. The molecule has 0 radical (unpaired) electrons. The van der Waals surface area contributed by atoms with Crippen LogP contribution in [0.4, 0.5) is 4.79 Å². The number of imidazole rings is 2. The number of barbiturate groups is 1. The highest BCUT2D eigenvalue weighted by molar-refractivity contribution is 6.16. The molecule has 1 saturated heterocycles. The normalized spacial score (nSPS) is 15.6. The van der Waals surface area contributed by atoms with Gasteiger partial charge in [-0.2, -0.15) is 0 Å². The lowest BCUT2D eigenvalue weighted by atomic mass is 9.82. The van der Waals surface area contributed by atoms with Crippen molar-refractivity contribution in [3.8, 4) is 0 Å². The number of benzene rings is 2. The van der Waals surface area contributed by atoms with Gasteiger partial charge in [-0.05, 0) is 23.3 Å². The van der Waals surface area contributed by atoms with Crippen LogP contribution in [0.1, 0.15) is 34.3 Å². The lowest BCUT2D eigenvalue weighted by Gasteiger charge is -2.36. The molecule has 2 aromatic carbocycles. The molecule has 4 aromatic rings. The van der Waals surface area contributed by atoms with E-state index in [4.69, 9.17) is 0 Å². The van der Waals surface area contributed by atoms with Crippen molar-refractivity contribution in [2.75, 3.05) is 14.1 Å². The van der Waals surface area contributed by atoms with Gasteiger partial charge >= 0.3 is 11.7 Å². The first kappa shape index (κ1) is 26.0. The minimum absolute atomic E-state index is 0.206. The summed E-state index contributed by atoms with van der Waals surface area (Å²) in [5.41, 5.74) is 3.59. The van der Waals surface area contributed by atoms with Crippen LogP contribution in [0.15, 0.2) is 53.3 Å². The largest absolute Gasteiger partial charge is 0.711 e. The molecule has 39 heavy (non-hydrogen) atoms. The van der Waals surface area contributed by atoms with E-state index in [1.165, 1.54) is 23.2 Å². The van der Waals surface area contributed by atoms with Gasteiger partial charge in [0.2, 0.25) is 11.8 Å². The smallest absolute Gasteiger partial charge is 0.332 e. The molecule has 0 spiro atoms. The highest BCUT2D eigenvalue weighted by atomic mass is 16.5. The number of imide groups is 2. The quantitative estimate of drug-likeness (QED) is 0.222. The van der Waals surface area contributed by atoms with Gasteiger partial charge in [0.1, 0.15) is 29.8 Å². The summed E-state index contributed by atoms with van der Waals surface area (Å²) in [6.45, 7) is 3.85. The van der Waals surface area contributed by atoms with Crippen LogP contribution >= 0.6 is 0 Å². The zero-order valence-electron chi connectivity index (χ0n) is 22.7. The van der Waals surface area contributed by atoms with E-state index >= 15 is 0 Å². The molecular formula is C28H30N6O5. The van der Waals surface area contributed by atoms with Crippen LogP contribution in [0.5, 0.6) is 0 Å². The van der Waals surface area contributed by atoms with E-state index in [0.717, 1.165) is 20.1 Å². The zero-order chi connectivity index (χ0) is 28.3. The fourth-order valence-electron chi connectivity index (χ4n) is 5.48. The Bertz CT molecular complexity index is 1690. The van der Waals surface area contributed by atoms with Gasteiger partial charge in [0.15, 0.2) is 0 Å². The third-order valence-corrected chi connectivity index (χ3v) is 7.94. The Morgan fingerprint density at radius 2 is 1.44 bits per heavy atom. The number of fused-ring (bicyclic) bond motifs is 1. The molecule has 3 heterocycles. The molecule has 0 bridgehead atoms. The SMILES string of the molecule is Cc1c(C)[n+]([O-])c([C@@H](c2ccc3c(c2)n(C)c(=O)n3C)C2C(=O)N(C)C(=O)N(C)C2=O)n1Cc1ccccc1. The van der Waals surface area contributed by atoms with E-state index < -0.39 is 29.7 Å². The number of aryl methyl sites for hydroxylation is 2. The number of urea groups is 1. The minimum Gasteiger partial charge on any atom is -0.711 e. The number of aromatic nitrogens is 4. The summed E-state index contributed by atoms with van der Waals surface area (Å²) >= 11 is 0. The van der Waals surface area contributed by atoms with Crippen LogP contribution < -0.4 is 10.4 Å². The van der Waals surface area contributed by atoms with E-state index in [9.17, 15) is 24.4 Å². The van der Waals surface area contributed by atoms with Gasteiger partial charge < -0.3 is 5.21 Å². The number of nitrogens with zero attached hydrogens (tertiary/aromatic N) is 6. The highest BCUT2D eigenvalue weighted by Gasteiger charge is 2.51. The third kappa shape index (κ3) is 3.84. The Balaban J connectivity index is 1.81. The van der Waals surface area contributed by atoms with E-state index in [2.05, 4.69) is 0 Å². The predicted molar refractivity (Wildman–Crippen MR) is 143 cm³/mol. The molecule has 11 nitrogen and oxygen atoms in total. The molecule has 0 aliphatic carbocycles. The molecule has 202 valence electrons. The number of hydrogen-bond donors (Lipinski definition) is 0. The number of rotatable bonds is 5. The summed E-state index contributed by atoms with van der Waals surface area (Å²) in [5.74, 6) is -3.61. The molecule has 0 N–H and O–H groups in total. The molecule has 5 rings (SSSR count). The van der Waals surface area contributed by atoms with E-state index in [-0.39, 0.29) is 11.5 Å². The van der Waals surface area contributed by atoms with Crippen LogP contribution in [0, 0.1) is 25.0 Å². The van der Waals surface area contributed by atoms with Gasteiger partial charge in [0.25, 0.3) is 5.82 Å². The summed E-state index contributed by atoms with van der Waals surface area (Å²) in [6, 6.07) is 14.1. The summed E-state index contributed by atoms with van der Waals surface area (Å²) < 4.78 is 5.58. The van der Waals surface area contributed by atoms with E-state index in [0.29, 0.717) is 34.5 Å². The van der Waals surface area contributed by atoms with Crippen molar-refractivity contribution < 1.29 is 19.1 Å². The van der Waals surface area contributed by atoms with Gasteiger partial charge in [0, 0.05) is 42.0 Å². The molecular weight excluding hydrogens is 500 g/mol. The lowest BCUT2D eigenvalue weighted by molar-refractivity contribution is -0.621. The Kier molecular flexibility index (Phi) is 6.16. The Hall–Kier alpha value is -4.67. The summed E-state index contributed by atoms with van der Waals surface area (Å²) in [6.07, 6.45) is 0.